The number of ketones is 1. The molecule has 148 valence electrons. The Labute approximate surface area is 166 Å². The normalized spacial score (nSPS) is 11.5. The Morgan fingerprint density at radius 1 is 1.07 bits per heavy atom. The average molecular weight is 407 g/mol. The first-order valence-electron chi connectivity index (χ1n) is 8.61. The van der Waals surface area contributed by atoms with Gasteiger partial charge in [-0.2, -0.15) is 0 Å². The number of esters is 1. The van der Waals surface area contributed by atoms with Gasteiger partial charge in [0.25, 0.3) is 0 Å². The lowest BCUT2D eigenvalue weighted by Gasteiger charge is -2.17. The number of nitrogens with two attached hydrogens (primary N) is 1. The van der Waals surface area contributed by atoms with Crippen molar-refractivity contribution in [3.8, 4) is 0 Å². The molecule has 2 aromatic rings. The molecule has 0 fully saturated rings. The Balaban J connectivity index is 1.80. The summed E-state index contributed by atoms with van der Waals surface area (Å²) in [4.78, 5) is 35.2. The number of ether oxygens (including phenoxy) is 1. The highest BCUT2D eigenvalue weighted by atomic mass is 35.5. The van der Waals surface area contributed by atoms with Crippen LogP contribution in [-0.4, -0.2) is 24.4 Å². The fraction of sp³-hybridized carbons (Fsp3) is 0.250. The summed E-state index contributed by atoms with van der Waals surface area (Å²) in [5.41, 5.74) is 6.23. The molecule has 0 unspecified atom stereocenters. The summed E-state index contributed by atoms with van der Waals surface area (Å²) in [6.07, 6.45) is 0.381. The van der Waals surface area contributed by atoms with Crippen molar-refractivity contribution >= 4 is 29.4 Å². The Bertz CT molecular complexity index is 825. The third kappa shape index (κ3) is 7.00. The molecule has 0 saturated heterocycles. The van der Waals surface area contributed by atoms with Crippen LogP contribution in [0.5, 0.6) is 0 Å². The van der Waals surface area contributed by atoms with E-state index in [4.69, 9.17) is 22.1 Å². The van der Waals surface area contributed by atoms with Crippen molar-refractivity contribution in [3.05, 3.63) is 70.5 Å². The molecule has 0 spiro atoms. The molecular formula is C20H20ClFN2O4. The fourth-order valence-electron chi connectivity index (χ4n) is 2.54. The standard InChI is InChI=1S/C20H20ClFN2O4/c21-15-7-3-13(4-8-15)17(24-20(23)27)12-19(26)28-11-1-2-18(25)14-5-9-16(22)10-6-14/h3-10,17H,1-2,11-12H2,(H3,23,24,27)/t17-/m1/s1. The second kappa shape index (κ2) is 10.4. The Morgan fingerprint density at radius 2 is 1.71 bits per heavy atom. The van der Waals surface area contributed by atoms with E-state index in [-0.39, 0.29) is 25.2 Å². The number of nitrogens with one attached hydrogen (secondary N) is 1. The highest BCUT2D eigenvalue weighted by Crippen LogP contribution is 2.20. The molecule has 0 heterocycles. The van der Waals surface area contributed by atoms with Crippen LogP contribution in [-0.2, 0) is 9.53 Å². The van der Waals surface area contributed by atoms with Gasteiger partial charge in [0.1, 0.15) is 5.82 Å². The lowest BCUT2D eigenvalue weighted by atomic mass is 10.0. The number of hydrogen-bond donors (Lipinski definition) is 2. The quantitative estimate of drug-likeness (QED) is 0.376. The van der Waals surface area contributed by atoms with Crippen molar-refractivity contribution in [3.63, 3.8) is 0 Å². The Kier molecular flexibility index (Phi) is 7.95. The number of carbonyl (C=O) groups excluding carboxylic acids is 3. The number of urea groups is 1. The summed E-state index contributed by atoms with van der Waals surface area (Å²) < 4.78 is 18.0. The molecule has 0 radical (unpaired) electrons. The van der Waals surface area contributed by atoms with E-state index < -0.39 is 23.9 Å². The smallest absolute Gasteiger partial charge is 0.312 e. The lowest BCUT2D eigenvalue weighted by Crippen LogP contribution is -2.34. The second-order valence-corrected chi connectivity index (χ2v) is 6.51. The van der Waals surface area contributed by atoms with Crippen LogP contribution in [0.15, 0.2) is 48.5 Å². The van der Waals surface area contributed by atoms with Crippen LogP contribution in [0.4, 0.5) is 9.18 Å². The first-order valence-corrected chi connectivity index (χ1v) is 8.99. The predicted molar refractivity (Wildman–Crippen MR) is 102 cm³/mol. The number of rotatable bonds is 9. The van der Waals surface area contributed by atoms with Crippen LogP contribution < -0.4 is 11.1 Å². The van der Waals surface area contributed by atoms with Crippen molar-refractivity contribution in [2.75, 3.05) is 6.61 Å². The van der Waals surface area contributed by atoms with Gasteiger partial charge in [-0.1, -0.05) is 23.7 Å². The molecule has 2 amide bonds. The summed E-state index contributed by atoms with van der Waals surface area (Å²) >= 11 is 5.84. The van der Waals surface area contributed by atoms with Crippen LogP contribution >= 0.6 is 11.6 Å². The van der Waals surface area contributed by atoms with E-state index in [1.807, 2.05) is 0 Å². The molecule has 0 aromatic heterocycles. The second-order valence-electron chi connectivity index (χ2n) is 6.07. The van der Waals surface area contributed by atoms with Crippen LogP contribution in [0.25, 0.3) is 0 Å². The minimum Gasteiger partial charge on any atom is -0.466 e. The maximum Gasteiger partial charge on any atom is 0.312 e. The van der Waals surface area contributed by atoms with Crippen molar-refractivity contribution in [2.45, 2.75) is 25.3 Å². The summed E-state index contributed by atoms with van der Waals surface area (Å²) in [7, 11) is 0. The van der Waals surface area contributed by atoms with E-state index in [9.17, 15) is 18.8 Å². The monoisotopic (exact) mass is 406 g/mol. The number of primary amides is 1. The van der Waals surface area contributed by atoms with Gasteiger partial charge in [0.05, 0.1) is 19.1 Å². The number of hydrogen-bond acceptors (Lipinski definition) is 4. The van der Waals surface area contributed by atoms with Gasteiger partial charge in [0.2, 0.25) is 0 Å². The first kappa shape index (κ1) is 21.4. The number of benzene rings is 2. The van der Waals surface area contributed by atoms with E-state index in [1.54, 1.807) is 24.3 Å². The highest BCUT2D eigenvalue weighted by Gasteiger charge is 2.18. The topological polar surface area (TPSA) is 98.5 Å². The van der Waals surface area contributed by atoms with Crippen molar-refractivity contribution in [1.29, 1.82) is 0 Å². The van der Waals surface area contributed by atoms with Gasteiger partial charge in [0.15, 0.2) is 5.78 Å². The van der Waals surface area contributed by atoms with E-state index in [0.29, 0.717) is 22.6 Å². The van der Waals surface area contributed by atoms with E-state index in [2.05, 4.69) is 5.32 Å². The van der Waals surface area contributed by atoms with Gasteiger partial charge in [-0.25, -0.2) is 9.18 Å². The highest BCUT2D eigenvalue weighted by molar-refractivity contribution is 6.30. The molecule has 2 rings (SSSR count). The van der Waals surface area contributed by atoms with Gasteiger partial charge >= 0.3 is 12.0 Å². The van der Waals surface area contributed by atoms with Crippen LogP contribution in [0.1, 0.15) is 41.2 Å². The van der Waals surface area contributed by atoms with Gasteiger partial charge < -0.3 is 15.8 Å². The molecule has 0 aliphatic rings. The van der Waals surface area contributed by atoms with Crippen LogP contribution in [0.3, 0.4) is 0 Å². The SMILES string of the molecule is NC(=O)N[C@H](CC(=O)OCCCC(=O)c1ccc(F)cc1)c1ccc(Cl)cc1. The minimum atomic E-state index is -0.766. The Morgan fingerprint density at radius 3 is 2.32 bits per heavy atom. The summed E-state index contributed by atoms with van der Waals surface area (Å²) in [6.45, 7) is 0.0513. The zero-order valence-corrected chi connectivity index (χ0v) is 15.7. The van der Waals surface area contributed by atoms with E-state index in [0.717, 1.165) is 0 Å². The predicted octanol–water partition coefficient (Wildman–Crippen LogP) is 3.78. The third-order valence-corrected chi connectivity index (χ3v) is 4.19. The molecule has 1 atom stereocenters. The molecule has 8 heteroatoms. The molecule has 0 bridgehead atoms. The molecule has 0 saturated carbocycles. The zero-order chi connectivity index (χ0) is 20.5. The molecule has 3 N–H and O–H groups in total. The minimum absolute atomic E-state index is 0.0513. The number of Topliss-reactive ketones (excluding diaryl/α,β-unsaturated/α-hetero) is 1. The van der Waals surface area contributed by atoms with Gasteiger partial charge in [-0.3, -0.25) is 9.59 Å². The lowest BCUT2D eigenvalue weighted by molar-refractivity contribution is -0.144. The number of amides is 2. The Hall–Kier alpha value is -2.93. The largest absolute Gasteiger partial charge is 0.466 e. The molecule has 0 aliphatic carbocycles. The zero-order valence-electron chi connectivity index (χ0n) is 15.0. The van der Waals surface area contributed by atoms with Crippen LogP contribution in [0.2, 0.25) is 5.02 Å². The fourth-order valence-corrected chi connectivity index (χ4v) is 2.67. The van der Waals surface area contributed by atoms with Gasteiger partial charge in [-0.15, -0.1) is 0 Å². The molecule has 2 aromatic carbocycles. The molecule has 0 aliphatic heterocycles. The number of halogens is 2. The van der Waals surface area contributed by atoms with Crippen molar-refractivity contribution in [2.24, 2.45) is 5.73 Å². The van der Waals surface area contributed by atoms with E-state index >= 15 is 0 Å². The maximum absolute atomic E-state index is 12.9. The first-order chi connectivity index (χ1) is 13.3. The third-order valence-electron chi connectivity index (χ3n) is 3.94. The average Bonchev–Trinajstić information content (AvgIpc) is 2.65. The van der Waals surface area contributed by atoms with Gasteiger partial charge in [-0.05, 0) is 48.4 Å². The summed E-state index contributed by atoms with van der Waals surface area (Å²) in [5, 5.41) is 3.01. The molecule has 28 heavy (non-hydrogen) atoms. The molecule has 6 nitrogen and oxygen atoms in total. The van der Waals surface area contributed by atoms with Gasteiger partial charge in [0, 0.05) is 17.0 Å². The summed E-state index contributed by atoms with van der Waals surface area (Å²) in [5.74, 6) is -1.11. The van der Waals surface area contributed by atoms with E-state index in [1.165, 1.54) is 24.3 Å². The van der Waals surface area contributed by atoms with Crippen molar-refractivity contribution in [1.82, 2.24) is 5.32 Å². The maximum atomic E-state index is 12.9. The number of carbonyl (C=O) groups is 3. The van der Waals surface area contributed by atoms with Crippen molar-refractivity contribution < 1.29 is 23.5 Å². The molecular weight excluding hydrogens is 387 g/mol. The summed E-state index contributed by atoms with van der Waals surface area (Å²) in [6, 6.07) is 10.5. The van der Waals surface area contributed by atoms with Crippen LogP contribution in [0, 0.1) is 5.82 Å².